The molecule has 0 saturated heterocycles. The summed E-state index contributed by atoms with van der Waals surface area (Å²) in [7, 11) is 1.75. The van der Waals surface area contributed by atoms with Gasteiger partial charge in [0, 0.05) is 44.0 Å². The maximum atomic E-state index is 12.5. The third kappa shape index (κ3) is 2.47. The van der Waals surface area contributed by atoms with Crippen molar-refractivity contribution in [2.75, 3.05) is 0 Å². The molecule has 138 valence electrons. The van der Waals surface area contributed by atoms with Gasteiger partial charge in [-0.25, -0.2) is 9.78 Å². The predicted molar refractivity (Wildman–Crippen MR) is 94.1 cm³/mol. The Bertz CT molecular complexity index is 959. The van der Waals surface area contributed by atoms with Crippen LogP contribution in [0.25, 0.3) is 0 Å². The van der Waals surface area contributed by atoms with Gasteiger partial charge in [-0.05, 0) is 33.1 Å². The van der Waals surface area contributed by atoms with E-state index in [0.717, 1.165) is 41.2 Å². The Morgan fingerprint density at radius 1 is 1.31 bits per heavy atom. The zero-order valence-corrected chi connectivity index (χ0v) is 15.3. The highest BCUT2D eigenvalue weighted by Gasteiger charge is 2.35. The Balaban J connectivity index is 1.63. The van der Waals surface area contributed by atoms with Gasteiger partial charge in [0.2, 0.25) is 0 Å². The minimum Gasteiger partial charge on any atom is -0.476 e. The fraction of sp³-hybridized carbons (Fsp3) is 0.556. The Hall–Kier alpha value is -2.48. The smallest absolute Gasteiger partial charge is 0.356 e. The molecule has 8 heteroatoms. The molecule has 1 aliphatic carbocycles. The number of hydrogen-bond acceptors (Lipinski definition) is 5. The first-order valence-corrected chi connectivity index (χ1v) is 9.02. The van der Waals surface area contributed by atoms with E-state index in [9.17, 15) is 14.7 Å². The topological polar surface area (TPSA) is 93.2 Å². The second kappa shape index (κ2) is 6.05. The molecule has 1 N–H and O–H groups in total. The predicted octanol–water partition coefficient (Wildman–Crippen LogP) is 0.876. The molecular weight excluding hydrogens is 334 g/mol. The van der Waals surface area contributed by atoms with Crippen LogP contribution in [0.1, 0.15) is 52.2 Å². The zero-order valence-electron chi connectivity index (χ0n) is 15.3. The summed E-state index contributed by atoms with van der Waals surface area (Å²) >= 11 is 0. The van der Waals surface area contributed by atoms with E-state index in [1.165, 1.54) is 0 Å². The highest BCUT2D eigenvalue weighted by molar-refractivity contribution is 5.87. The average molecular weight is 357 g/mol. The van der Waals surface area contributed by atoms with Crippen LogP contribution in [-0.2, 0) is 39.5 Å². The van der Waals surface area contributed by atoms with Crippen LogP contribution < -0.4 is 5.56 Å². The maximum absolute atomic E-state index is 12.5. The summed E-state index contributed by atoms with van der Waals surface area (Å²) < 4.78 is 3.41. The first-order chi connectivity index (χ1) is 12.4. The number of carboxylic acid groups (broad SMARTS) is 1. The molecule has 8 nitrogen and oxygen atoms in total. The van der Waals surface area contributed by atoms with Gasteiger partial charge in [-0.1, -0.05) is 0 Å². The van der Waals surface area contributed by atoms with Gasteiger partial charge in [0.15, 0.2) is 5.69 Å². The zero-order chi connectivity index (χ0) is 18.6. The Morgan fingerprint density at radius 3 is 2.77 bits per heavy atom. The molecule has 0 spiro atoms. The van der Waals surface area contributed by atoms with Crippen LogP contribution >= 0.6 is 0 Å². The van der Waals surface area contributed by atoms with Crippen molar-refractivity contribution < 1.29 is 9.90 Å². The van der Waals surface area contributed by atoms with E-state index in [1.807, 2.05) is 18.5 Å². The minimum atomic E-state index is -0.968. The third-order valence-corrected chi connectivity index (χ3v) is 5.75. The Kier molecular flexibility index (Phi) is 3.95. The molecule has 1 aliphatic heterocycles. The molecular formula is C18H23N5O3. The van der Waals surface area contributed by atoms with Crippen molar-refractivity contribution in [3.63, 3.8) is 0 Å². The van der Waals surface area contributed by atoms with Gasteiger partial charge in [-0.2, -0.15) is 5.10 Å². The summed E-state index contributed by atoms with van der Waals surface area (Å²) in [5, 5.41) is 13.8. The molecule has 0 radical (unpaired) electrons. The lowest BCUT2D eigenvalue weighted by molar-refractivity contribution is 0.0687. The molecule has 1 atom stereocenters. The summed E-state index contributed by atoms with van der Waals surface area (Å²) in [5.74, 6) is -0.246. The molecule has 0 amide bonds. The van der Waals surface area contributed by atoms with Crippen LogP contribution in [0, 0.1) is 6.92 Å². The minimum absolute atomic E-state index is 0.0246. The van der Waals surface area contributed by atoms with Crippen LogP contribution in [0.3, 0.4) is 0 Å². The Morgan fingerprint density at radius 2 is 2.08 bits per heavy atom. The lowest BCUT2D eigenvalue weighted by Crippen LogP contribution is -2.36. The molecule has 2 aliphatic rings. The maximum Gasteiger partial charge on any atom is 0.356 e. The van der Waals surface area contributed by atoms with E-state index in [0.29, 0.717) is 26.1 Å². The second-order valence-corrected chi connectivity index (χ2v) is 7.14. The summed E-state index contributed by atoms with van der Waals surface area (Å²) in [6, 6.07) is 0.203. The summed E-state index contributed by atoms with van der Waals surface area (Å²) in [4.78, 5) is 30.9. The third-order valence-electron chi connectivity index (χ3n) is 5.75. The van der Waals surface area contributed by atoms with Crippen molar-refractivity contribution in [3.8, 4) is 0 Å². The van der Waals surface area contributed by atoms with E-state index in [-0.39, 0.29) is 17.3 Å². The molecule has 0 saturated carbocycles. The number of carbonyl (C=O) groups is 1. The van der Waals surface area contributed by atoms with E-state index >= 15 is 0 Å². The number of fused-ring (bicyclic) bond motifs is 2. The first-order valence-electron chi connectivity index (χ1n) is 9.02. The van der Waals surface area contributed by atoms with Crippen molar-refractivity contribution in [1.29, 1.82) is 0 Å². The highest BCUT2D eigenvalue weighted by Crippen LogP contribution is 2.31. The van der Waals surface area contributed by atoms with Crippen LogP contribution in [0.2, 0.25) is 0 Å². The number of carboxylic acids is 1. The van der Waals surface area contributed by atoms with Crippen molar-refractivity contribution in [1.82, 2.24) is 24.2 Å². The fourth-order valence-corrected chi connectivity index (χ4v) is 4.22. The van der Waals surface area contributed by atoms with Crippen LogP contribution in [0.5, 0.6) is 0 Å². The summed E-state index contributed by atoms with van der Waals surface area (Å²) in [5.41, 5.74) is 3.72. The van der Waals surface area contributed by atoms with Crippen LogP contribution in [0.4, 0.5) is 0 Å². The summed E-state index contributed by atoms with van der Waals surface area (Å²) in [6.07, 6.45) is 2.40. The number of rotatable bonds is 3. The molecule has 26 heavy (non-hydrogen) atoms. The van der Waals surface area contributed by atoms with E-state index in [1.54, 1.807) is 11.6 Å². The molecule has 0 unspecified atom stereocenters. The SMILES string of the molecule is CCn1nc(C(=O)O)c2c1CC[C@H](N1Cc3nc(C)n(C)c(=O)c3C1)C2. The second-order valence-electron chi connectivity index (χ2n) is 7.14. The standard InChI is InChI=1S/C18H23N5O3/c1-4-23-15-6-5-11(7-12(15)16(20-23)18(25)26)22-8-13-14(9-22)19-10(2)21(3)17(13)24/h11H,4-9H2,1-3H3,(H,25,26)/t11-/m0/s1. The largest absolute Gasteiger partial charge is 0.476 e. The average Bonchev–Trinajstić information content (AvgIpc) is 3.20. The highest BCUT2D eigenvalue weighted by atomic mass is 16.4. The monoisotopic (exact) mass is 357 g/mol. The van der Waals surface area contributed by atoms with E-state index in [4.69, 9.17) is 0 Å². The Labute approximate surface area is 151 Å². The molecule has 2 aromatic heterocycles. The van der Waals surface area contributed by atoms with Crippen molar-refractivity contribution in [2.24, 2.45) is 7.05 Å². The fourth-order valence-electron chi connectivity index (χ4n) is 4.22. The number of hydrogen-bond donors (Lipinski definition) is 1. The van der Waals surface area contributed by atoms with Gasteiger partial charge in [0.05, 0.1) is 11.3 Å². The number of aromatic nitrogens is 4. The molecule has 3 heterocycles. The number of nitrogens with zero attached hydrogens (tertiary/aromatic N) is 5. The lowest BCUT2D eigenvalue weighted by atomic mass is 9.90. The number of aryl methyl sites for hydroxylation is 2. The van der Waals surface area contributed by atoms with E-state index < -0.39 is 5.97 Å². The lowest BCUT2D eigenvalue weighted by Gasteiger charge is -2.31. The first kappa shape index (κ1) is 17.0. The van der Waals surface area contributed by atoms with Gasteiger partial charge in [0.1, 0.15) is 5.82 Å². The molecule has 0 bridgehead atoms. The molecule has 4 rings (SSSR count). The van der Waals surface area contributed by atoms with Crippen molar-refractivity contribution in [2.45, 2.75) is 58.8 Å². The van der Waals surface area contributed by atoms with Gasteiger partial charge in [-0.15, -0.1) is 0 Å². The summed E-state index contributed by atoms with van der Waals surface area (Å²) in [6.45, 7) is 5.73. The van der Waals surface area contributed by atoms with Gasteiger partial charge < -0.3 is 5.11 Å². The number of aromatic carboxylic acids is 1. The van der Waals surface area contributed by atoms with Gasteiger partial charge in [0.25, 0.3) is 5.56 Å². The molecule has 0 fully saturated rings. The quantitative estimate of drug-likeness (QED) is 0.876. The van der Waals surface area contributed by atoms with Gasteiger partial charge in [-0.3, -0.25) is 18.9 Å². The van der Waals surface area contributed by atoms with Crippen LogP contribution in [0.15, 0.2) is 4.79 Å². The van der Waals surface area contributed by atoms with Crippen molar-refractivity contribution >= 4 is 5.97 Å². The van der Waals surface area contributed by atoms with Crippen molar-refractivity contribution in [3.05, 3.63) is 44.4 Å². The van der Waals surface area contributed by atoms with Gasteiger partial charge >= 0.3 is 5.97 Å². The normalized spacial score (nSPS) is 19.4. The van der Waals surface area contributed by atoms with Crippen LogP contribution in [-0.4, -0.2) is 41.3 Å². The molecule has 2 aromatic rings. The molecule has 0 aromatic carbocycles. The van der Waals surface area contributed by atoms with E-state index in [2.05, 4.69) is 15.0 Å².